The molecule has 174 valence electrons. The number of aromatic nitrogens is 5. The number of likely N-dealkylation sites (tertiary alicyclic amines) is 1. The minimum atomic E-state index is -0.315. The van der Waals surface area contributed by atoms with E-state index in [-0.39, 0.29) is 23.3 Å². The topological polar surface area (TPSA) is 78.0 Å². The van der Waals surface area contributed by atoms with Crippen molar-refractivity contribution in [1.29, 1.82) is 0 Å². The van der Waals surface area contributed by atoms with Crippen molar-refractivity contribution < 1.29 is 9.18 Å². The average molecular weight is 461 g/mol. The van der Waals surface area contributed by atoms with E-state index >= 15 is 0 Å². The van der Waals surface area contributed by atoms with Gasteiger partial charge in [-0.1, -0.05) is 18.2 Å². The van der Waals surface area contributed by atoms with Crippen LogP contribution in [0.15, 0.2) is 65.5 Å². The first-order valence-corrected chi connectivity index (χ1v) is 11.2. The van der Waals surface area contributed by atoms with Crippen molar-refractivity contribution in [3.05, 3.63) is 88.5 Å². The summed E-state index contributed by atoms with van der Waals surface area (Å²) in [5.74, 6) is 0.386. The fourth-order valence-corrected chi connectivity index (χ4v) is 4.50. The smallest absolute Gasteiger partial charge is 0.337 e. The molecule has 2 aromatic heterocycles. The minimum Gasteiger partial charge on any atom is -0.337 e. The first-order chi connectivity index (χ1) is 16.4. The predicted octanol–water partition coefficient (Wildman–Crippen LogP) is 3.13. The van der Waals surface area contributed by atoms with Crippen molar-refractivity contribution in [2.45, 2.75) is 18.8 Å². The van der Waals surface area contributed by atoms with Crippen molar-refractivity contribution in [2.24, 2.45) is 14.1 Å². The number of para-hydroxylation sites is 1. The van der Waals surface area contributed by atoms with Crippen molar-refractivity contribution >= 4 is 5.91 Å². The largest absolute Gasteiger partial charge is 0.350 e. The molecule has 0 spiro atoms. The van der Waals surface area contributed by atoms with Crippen LogP contribution in [0.1, 0.15) is 35.1 Å². The monoisotopic (exact) mass is 460 g/mol. The quantitative estimate of drug-likeness (QED) is 0.469. The molecule has 0 bridgehead atoms. The Hall–Kier alpha value is -4.01. The Labute approximate surface area is 195 Å². The first kappa shape index (κ1) is 21.8. The number of amides is 1. The molecule has 1 fully saturated rings. The average Bonchev–Trinajstić information content (AvgIpc) is 3.39. The summed E-state index contributed by atoms with van der Waals surface area (Å²) >= 11 is 0. The minimum absolute atomic E-state index is 0.0690. The van der Waals surface area contributed by atoms with Gasteiger partial charge in [-0.05, 0) is 55.3 Å². The van der Waals surface area contributed by atoms with Gasteiger partial charge in [0.05, 0.1) is 11.4 Å². The van der Waals surface area contributed by atoms with Crippen LogP contribution in [0.5, 0.6) is 0 Å². The van der Waals surface area contributed by atoms with Crippen molar-refractivity contribution in [1.82, 2.24) is 29.0 Å². The number of hydrogen-bond acceptors (Lipinski definition) is 4. The second-order valence-electron chi connectivity index (χ2n) is 8.55. The van der Waals surface area contributed by atoms with Crippen LogP contribution in [0.2, 0.25) is 0 Å². The van der Waals surface area contributed by atoms with Gasteiger partial charge < -0.3 is 4.90 Å². The number of carbonyl (C=O) groups is 1. The molecule has 9 heteroatoms. The van der Waals surface area contributed by atoms with Gasteiger partial charge in [0.25, 0.3) is 5.91 Å². The third-order valence-electron chi connectivity index (χ3n) is 6.35. The van der Waals surface area contributed by atoms with Gasteiger partial charge in [-0.2, -0.15) is 10.2 Å². The summed E-state index contributed by atoms with van der Waals surface area (Å²) in [7, 11) is 3.39. The molecule has 0 N–H and O–H groups in total. The van der Waals surface area contributed by atoms with Crippen molar-refractivity contribution in [3.63, 3.8) is 0 Å². The van der Waals surface area contributed by atoms with Crippen LogP contribution in [0.4, 0.5) is 4.39 Å². The molecular weight excluding hydrogens is 435 g/mol. The van der Waals surface area contributed by atoms with Gasteiger partial charge >= 0.3 is 5.69 Å². The van der Waals surface area contributed by atoms with E-state index in [0.29, 0.717) is 37.3 Å². The van der Waals surface area contributed by atoms with Gasteiger partial charge in [-0.3, -0.25) is 9.48 Å². The highest BCUT2D eigenvalue weighted by atomic mass is 19.1. The van der Waals surface area contributed by atoms with E-state index in [0.717, 1.165) is 17.1 Å². The highest BCUT2D eigenvalue weighted by molar-refractivity contribution is 5.93. The SMILES string of the molecule is Cn1nc(-c2ccc(F)cc2)cc1C(=O)N1CCC(c2nn(C)c(=O)n2-c2ccccc2)CC1. The Balaban J connectivity index is 1.33. The zero-order valence-corrected chi connectivity index (χ0v) is 19.1. The molecule has 3 heterocycles. The third-order valence-corrected chi connectivity index (χ3v) is 6.35. The molecule has 8 nitrogen and oxygen atoms in total. The van der Waals surface area contributed by atoms with Gasteiger partial charge in [0.2, 0.25) is 0 Å². The van der Waals surface area contributed by atoms with Crippen molar-refractivity contribution in [2.75, 3.05) is 13.1 Å². The molecule has 0 aliphatic carbocycles. The summed E-state index contributed by atoms with van der Waals surface area (Å²) in [6.45, 7) is 1.11. The third kappa shape index (κ3) is 3.93. The molecule has 34 heavy (non-hydrogen) atoms. The highest BCUT2D eigenvalue weighted by Crippen LogP contribution is 2.29. The van der Waals surface area contributed by atoms with Crippen LogP contribution < -0.4 is 5.69 Å². The zero-order chi connectivity index (χ0) is 23.8. The van der Waals surface area contributed by atoms with E-state index < -0.39 is 0 Å². The Kier molecular flexibility index (Phi) is 5.61. The molecule has 0 atom stereocenters. The summed E-state index contributed by atoms with van der Waals surface area (Å²) in [6.07, 6.45) is 1.41. The molecule has 2 aromatic carbocycles. The van der Waals surface area contributed by atoms with Crippen molar-refractivity contribution in [3.8, 4) is 16.9 Å². The maximum absolute atomic E-state index is 13.2. The number of nitrogens with zero attached hydrogens (tertiary/aromatic N) is 6. The lowest BCUT2D eigenvalue weighted by Crippen LogP contribution is -2.39. The summed E-state index contributed by atoms with van der Waals surface area (Å²) < 4.78 is 17.8. The fraction of sp³-hybridized carbons (Fsp3) is 0.280. The van der Waals surface area contributed by atoms with Gasteiger partial charge in [0.1, 0.15) is 17.3 Å². The molecular formula is C25H25FN6O2. The summed E-state index contributed by atoms with van der Waals surface area (Å²) in [4.78, 5) is 27.8. The standard InChI is InChI=1S/C25H25FN6O2/c1-29-22(16-21(27-29)17-8-10-19(26)11-9-17)24(33)31-14-12-18(13-15-31)23-28-30(2)25(34)32(23)20-6-4-3-5-7-20/h3-11,16,18H,12-15H2,1-2H3. The lowest BCUT2D eigenvalue weighted by atomic mass is 9.95. The van der Waals surface area contributed by atoms with Gasteiger partial charge in [-0.15, -0.1) is 0 Å². The maximum Gasteiger partial charge on any atom is 0.350 e. The van der Waals surface area contributed by atoms with Gasteiger partial charge in [-0.25, -0.2) is 18.4 Å². The Morgan fingerprint density at radius 2 is 1.62 bits per heavy atom. The summed E-state index contributed by atoms with van der Waals surface area (Å²) in [5, 5.41) is 8.96. The van der Waals surface area contributed by atoms with E-state index in [2.05, 4.69) is 10.2 Å². The number of halogens is 1. The van der Waals surface area contributed by atoms with E-state index in [1.54, 1.807) is 41.5 Å². The fourth-order valence-electron chi connectivity index (χ4n) is 4.50. The highest BCUT2D eigenvalue weighted by Gasteiger charge is 2.30. The van der Waals surface area contributed by atoms with Crippen LogP contribution in [0.25, 0.3) is 16.9 Å². The molecule has 1 amide bonds. The number of carbonyl (C=O) groups excluding carboxylic acids is 1. The number of piperidine rings is 1. The van der Waals surface area contributed by atoms with Crippen LogP contribution >= 0.6 is 0 Å². The number of aryl methyl sites for hydroxylation is 2. The lowest BCUT2D eigenvalue weighted by Gasteiger charge is -2.31. The maximum atomic E-state index is 13.2. The Morgan fingerprint density at radius 1 is 0.941 bits per heavy atom. The molecule has 4 aromatic rings. The summed E-state index contributed by atoms with van der Waals surface area (Å²) in [6, 6.07) is 17.3. The number of rotatable bonds is 4. The van der Waals surface area contributed by atoms with Gasteiger partial charge in [0.15, 0.2) is 0 Å². The van der Waals surface area contributed by atoms with E-state index in [4.69, 9.17) is 0 Å². The van der Waals surface area contributed by atoms with Crippen LogP contribution in [0.3, 0.4) is 0 Å². The molecule has 0 radical (unpaired) electrons. The Bertz CT molecular complexity index is 1380. The Morgan fingerprint density at radius 3 is 2.29 bits per heavy atom. The van der Waals surface area contributed by atoms with Crippen LogP contribution in [-0.4, -0.2) is 48.0 Å². The first-order valence-electron chi connectivity index (χ1n) is 11.2. The normalized spacial score (nSPS) is 14.5. The van der Waals surface area contributed by atoms with Crippen LogP contribution in [-0.2, 0) is 14.1 Å². The lowest BCUT2D eigenvalue weighted by molar-refractivity contribution is 0.0699. The molecule has 1 aliphatic heterocycles. The summed E-state index contributed by atoms with van der Waals surface area (Å²) in [5.41, 5.74) is 2.47. The zero-order valence-electron chi connectivity index (χ0n) is 19.1. The number of benzene rings is 2. The molecule has 1 saturated heterocycles. The van der Waals surface area contributed by atoms with E-state index in [1.807, 2.05) is 35.2 Å². The second-order valence-corrected chi connectivity index (χ2v) is 8.55. The van der Waals surface area contributed by atoms with Gasteiger partial charge in [0, 0.05) is 38.7 Å². The molecule has 0 unspecified atom stereocenters. The molecule has 1 aliphatic rings. The second kappa shape index (κ2) is 8.74. The number of hydrogen-bond donors (Lipinski definition) is 0. The van der Waals surface area contributed by atoms with E-state index in [1.165, 1.54) is 16.8 Å². The van der Waals surface area contributed by atoms with E-state index in [9.17, 15) is 14.0 Å². The molecule has 0 saturated carbocycles. The molecule has 5 rings (SSSR count). The van der Waals surface area contributed by atoms with Crippen LogP contribution in [0, 0.1) is 5.82 Å². The predicted molar refractivity (Wildman–Crippen MR) is 125 cm³/mol.